The first-order valence-electron chi connectivity index (χ1n) is 5.11. The maximum absolute atomic E-state index is 12.0. The number of aromatic nitrogens is 3. The molecule has 0 saturated carbocycles. The van der Waals surface area contributed by atoms with Crippen molar-refractivity contribution >= 4 is 39.3 Å². The second kappa shape index (κ2) is 5.07. The van der Waals surface area contributed by atoms with E-state index in [1.54, 1.807) is 32.3 Å². The van der Waals surface area contributed by atoms with Crippen LogP contribution in [0.25, 0.3) is 0 Å². The van der Waals surface area contributed by atoms with Crippen molar-refractivity contribution in [2.24, 2.45) is 7.05 Å². The summed E-state index contributed by atoms with van der Waals surface area (Å²) in [5, 5.41) is 7.10. The molecule has 1 N–H and O–H groups in total. The fourth-order valence-electron chi connectivity index (χ4n) is 1.50. The van der Waals surface area contributed by atoms with E-state index in [1.165, 1.54) is 4.68 Å². The molecular weight excluding hydrogens is 320 g/mol. The third-order valence-corrected chi connectivity index (χ3v) is 3.25. The topological polar surface area (TPSA) is 59.8 Å². The largest absolute Gasteiger partial charge is 0.305 e. The van der Waals surface area contributed by atoms with E-state index < -0.39 is 0 Å². The third kappa shape index (κ3) is 2.54. The smallest absolute Gasteiger partial charge is 0.276 e. The van der Waals surface area contributed by atoms with Crippen LogP contribution in [0.1, 0.15) is 16.2 Å². The van der Waals surface area contributed by atoms with E-state index in [4.69, 9.17) is 11.6 Å². The number of carbonyl (C=O) groups is 1. The Balaban J connectivity index is 2.24. The van der Waals surface area contributed by atoms with Gasteiger partial charge < -0.3 is 5.32 Å². The Kier molecular flexibility index (Phi) is 3.68. The molecule has 0 aromatic carbocycles. The highest BCUT2D eigenvalue weighted by atomic mass is 79.9. The van der Waals surface area contributed by atoms with Crippen LogP contribution in [0, 0.1) is 6.92 Å². The van der Waals surface area contributed by atoms with E-state index in [9.17, 15) is 4.79 Å². The van der Waals surface area contributed by atoms with Gasteiger partial charge in [-0.25, -0.2) is 4.98 Å². The van der Waals surface area contributed by atoms with Crippen LogP contribution in [0.15, 0.2) is 22.8 Å². The monoisotopic (exact) mass is 328 g/mol. The maximum atomic E-state index is 12.0. The van der Waals surface area contributed by atoms with Gasteiger partial charge in [0.1, 0.15) is 11.5 Å². The highest BCUT2D eigenvalue weighted by Crippen LogP contribution is 2.20. The zero-order valence-electron chi connectivity index (χ0n) is 9.74. The molecule has 1 amide bonds. The number of nitrogens with one attached hydrogen (secondary N) is 1. The second-order valence-electron chi connectivity index (χ2n) is 3.69. The number of hydrogen-bond donors (Lipinski definition) is 1. The van der Waals surface area contributed by atoms with Gasteiger partial charge in [0.25, 0.3) is 5.91 Å². The normalized spacial score (nSPS) is 10.4. The van der Waals surface area contributed by atoms with E-state index in [2.05, 4.69) is 31.3 Å². The van der Waals surface area contributed by atoms with Crippen molar-refractivity contribution in [1.82, 2.24) is 14.8 Å². The maximum Gasteiger partial charge on any atom is 0.276 e. The fraction of sp³-hybridized carbons (Fsp3) is 0.182. The molecule has 0 aliphatic heterocycles. The average molecular weight is 330 g/mol. The van der Waals surface area contributed by atoms with Crippen molar-refractivity contribution in [2.75, 3.05) is 5.32 Å². The number of halogens is 2. The molecule has 0 spiro atoms. The summed E-state index contributed by atoms with van der Waals surface area (Å²) in [6.07, 6.45) is 1.60. The lowest BCUT2D eigenvalue weighted by Crippen LogP contribution is -2.17. The second-order valence-corrected chi connectivity index (χ2v) is 4.98. The Morgan fingerprint density at radius 2 is 2.22 bits per heavy atom. The van der Waals surface area contributed by atoms with Crippen LogP contribution in [-0.4, -0.2) is 20.7 Å². The molecule has 0 unspecified atom stereocenters. The van der Waals surface area contributed by atoms with Crippen LogP contribution in [0.4, 0.5) is 5.82 Å². The van der Waals surface area contributed by atoms with Gasteiger partial charge in [-0.15, -0.1) is 0 Å². The van der Waals surface area contributed by atoms with E-state index in [0.717, 1.165) is 4.47 Å². The molecule has 0 atom stereocenters. The Morgan fingerprint density at radius 3 is 2.72 bits per heavy atom. The Bertz CT molecular complexity index is 594. The molecule has 5 nitrogen and oxygen atoms in total. The van der Waals surface area contributed by atoms with Gasteiger partial charge in [0.05, 0.1) is 10.7 Å². The van der Waals surface area contributed by atoms with Crippen LogP contribution < -0.4 is 5.32 Å². The standard InChI is InChI=1S/C11H10BrClN4O/c1-6-9(13)10(17(2)16-6)11(18)15-8-4-3-7(12)5-14-8/h3-5H,1-2H3,(H,14,15,18). The zero-order valence-corrected chi connectivity index (χ0v) is 12.1. The number of amides is 1. The number of rotatable bonds is 2. The zero-order chi connectivity index (χ0) is 13.3. The molecule has 0 radical (unpaired) electrons. The van der Waals surface area contributed by atoms with Crippen LogP contribution in [0.2, 0.25) is 5.02 Å². The highest BCUT2D eigenvalue weighted by Gasteiger charge is 2.18. The summed E-state index contributed by atoms with van der Waals surface area (Å²) in [6.45, 7) is 1.75. The Labute approximate surface area is 117 Å². The molecule has 2 aromatic heterocycles. The average Bonchev–Trinajstić information content (AvgIpc) is 2.56. The number of aryl methyl sites for hydroxylation is 2. The van der Waals surface area contributed by atoms with Gasteiger partial charge in [-0.3, -0.25) is 9.48 Å². The van der Waals surface area contributed by atoms with Crippen LogP contribution >= 0.6 is 27.5 Å². The summed E-state index contributed by atoms with van der Waals surface area (Å²) in [4.78, 5) is 16.1. The van der Waals surface area contributed by atoms with Crippen molar-refractivity contribution in [1.29, 1.82) is 0 Å². The minimum atomic E-state index is -0.335. The highest BCUT2D eigenvalue weighted by molar-refractivity contribution is 9.10. The van der Waals surface area contributed by atoms with Crippen LogP contribution in [0.3, 0.4) is 0 Å². The molecule has 2 aromatic rings. The summed E-state index contributed by atoms with van der Waals surface area (Å²) in [6, 6.07) is 3.48. The van der Waals surface area contributed by atoms with Crippen molar-refractivity contribution < 1.29 is 4.79 Å². The van der Waals surface area contributed by atoms with Crippen molar-refractivity contribution in [3.63, 3.8) is 0 Å². The fourth-order valence-corrected chi connectivity index (χ4v) is 1.98. The SMILES string of the molecule is Cc1nn(C)c(C(=O)Nc2ccc(Br)cn2)c1Cl. The molecular formula is C11H10BrClN4O. The molecule has 0 saturated heterocycles. The van der Waals surface area contributed by atoms with E-state index in [-0.39, 0.29) is 5.91 Å². The number of nitrogens with zero attached hydrogens (tertiary/aromatic N) is 3. The molecule has 94 valence electrons. The van der Waals surface area contributed by atoms with Gasteiger partial charge in [0, 0.05) is 17.7 Å². The summed E-state index contributed by atoms with van der Waals surface area (Å²) in [7, 11) is 1.67. The number of anilines is 1. The van der Waals surface area contributed by atoms with E-state index in [1.807, 2.05) is 0 Å². The summed E-state index contributed by atoms with van der Waals surface area (Å²) >= 11 is 9.30. The lowest BCUT2D eigenvalue weighted by atomic mass is 10.3. The van der Waals surface area contributed by atoms with Crippen LogP contribution in [-0.2, 0) is 7.05 Å². The number of carbonyl (C=O) groups excluding carboxylic acids is 1. The molecule has 0 fully saturated rings. The molecule has 0 aliphatic rings. The van der Waals surface area contributed by atoms with Gasteiger partial charge in [-0.05, 0) is 35.0 Å². The minimum Gasteiger partial charge on any atom is -0.305 e. The van der Waals surface area contributed by atoms with Gasteiger partial charge in [0.2, 0.25) is 0 Å². The summed E-state index contributed by atoms with van der Waals surface area (Å²) in [5.74, 6) is 0.121. The molecule has 18 heavy (non-hydrogen) atoms. The predicted octanol–water partition coefficient (Wildman–Crippen LogP) is 2.79. The van der Waals surface area contributed by atoms with E-state index >= 15 is 0 Å². The van der Waals surface area contributed by atoms with Crippen molar-refractivity contribution in [2.45, 2.75) is 6.92 Å². The first-order chi connectivity index (χ1) is 8.49. The van der Waals surface area contributed by atoms with Gasteiger partial charge in [0.15, 0.2) is 0 Å². The van der Waals surface area contributed by atoms with E-state index in [0.29, 0.717) is 22.2 Å². The first kappa shape index (κ1) is 13.0. The molecule has 2 rings (SSSR count). The predicted molar refractivity (Wildman–Crippen MR) is 72.8 cm³/mol. The molecule has 0 bridgehead atoms. The van der Waals surface area contributed by atoms with Crippen LogP contribution in [0.5, 0.6) is 0 Å². The van der Waals surface area contributed by atoms with Gasteiger partial charge >= 0.3 is 0 Å². The first-order valence-corrected chi connectivity index (χ1v) is 6.28. The summed E-state index contributed by atoms with van der Waals surface area (Å²) < 4.78 is 2.29. The lowest BCUT2D eigenvalue weighted by Gasteiger charge is -2.05. The molecule has 7 heteroatoms. The van der Waals surface area contributed by atoms with Gasteiger partial charge in [-0.1, -0.05) is 11.6 Å². The lowest BCUT2D eigenvalue weighted by molar-refractivity contribution is 0.101. The third-order valence-electron chi connectivity index (χ3n) is 2.33. The Hall–Kier alpha value is -1.40. The summed E-state index contributed by atoms with van der Waals surface area (Å²) in [5.41, 5.74) is 0.937. The quantitative estimate of drug-likeness (QED) is 0.921. The minimum absolute atomic E-state index is 0.318. The molecule has 0 aliphatic carbocycles. The van der Waals surface area contributed by atoms with Crippen molar-refractivity contribution in [3.05, 3.63) is 39.2 Å². The number of hydrogen-bond acceptors (Lipinski definition) is 3. The molecule has 2 heterocycles. The number of pyridine rings is 1. The van der Waals surface area contributed by atoms with Crippen molar-refractivity contribution in [3.8, 4) is 0 Å². The Morgan fingerprint density at radius 1 is 1.50 bits per heavy atom. The van der Waals surface area contributed by atoms with Gasteiger partial charge in [-0.2, -0.15) is 5.10 Å².